The fraction of sp³-hybridized carbons (Fsp3) is 0.0526. The van der Waals surface area contributed by atoms with E-state index < -0.39 is 0 Å². The first-order chi connectivity index (χ1) is 13.5. The summed E-state index contributed by atoms with van der Waals surface area (Å²) in [4.78, 5) is 29.1. The number of benzene rings is 1. The third-order valence-electron chi connectivity index (χ3n) is 3.96. The fourth-order valence-corrected chi connectivity index (χ4v) is 3.73. The SMILES string of the molecule is COc1ccccc1NC(=O)c1cncc2cc(/C=C3\SC(=S)NC3=O)oc12. The van der Waals surface area contributed by atoms with E-state index in [1.54, 1.807) is 36.5 Å². The van der Waals surface area contributed by atoms with Crippen molar-refractivity contribution in [2.45, 2.75) is 0 Å². The van der Waals surface area contributed by atoms with Gasteiger partial charge in [-0.25, -0.2) is 0 Å². The van der Waals surface area contributed by atoms with Gasteiger partial charge in [-0.1, -0.05) is 36.1 Å². The predicted octanol–water partition coefficient (Wildman–Crippen LogP) is 3.58. The summed E-state index contributed by atoms with van der Waals surface area (Å²) in [6.07, 6.45) is 4.61. The second-order valence-electron chi connectivity index (χ2n) is 5.76. The Morgan fingerprint density at radius 1 is 1.36 bits per heavy atom. The number of methoxy groups -OCH3 is 1. The standard InChI is InChI=1S/C19H13N3O4S2/c1-25-14-5-3-2-4-13(14)21-17(23)12-9-20-8-10-6-11(26-16(10)12)7-15-18(24)22-19(27)28-15/h2-9H,1H3,(H,21,23)(H,22,24,27)/b15-7-. The Labute approximate surface area is 169 Å². The molecule has 9 heteroatoms. The van der Waals surface area contributed by atoms with Gasteiger partial charge in [0.15, 0.2) is 5.58 Å². The van der Waals surface area contributed by atoms with E-state index in [2.05, 4.69) is 15.6 Å². The summed E-state index contributed by atoms with van der Waals surface area (Å²) in [5, 5.41) is 5.99. The maximum Gasteiger partial charge on any atom is 0.263 e. The molecule has 1 fully saturated rings. The molecule has 1 aromatic carbocycles. The number of rotatable bonds is 4. The summed E-state index contributed by atoms with van der Waals surface area (Å²) < 4.78 is 11.5. The van der Waals surface area contributed by atoms with E-state index in [-0.39, 0.29) is 17.4 Å². The van der Waals surface area contributed by atoms with Crippen LogP contribution in [0.15, 0.2) is 52.0 Å². The lowest BCUT2D eigenvalue weighted by molar-refractivity contribution is -0.115. The average Bonchev–Trinajstić information content (AvgIpc) is 3.23. The number of fused-ring (bicyclic) bond motifs is 1. The molecule has 1 aliphatic heterocycles. The number of thiocarbonyl (C=S) groups is 1. The Kier molecular flexibility index (Phi) is 4.84. The second kappa shape index (κ2) is 7.45. The van der Waals surface area contributed by atoms with Crippen LogP contribution in [0.1, 0.15) is 16.1 Å². The first kappa shape index (κ1) is 18.2. The van der Waals surface area contributed by atoms with Crippen molar-refractivity contribution in [2.24, 2.45) is 0 Å². The summed E-state index contributed by atoms with van der Waals surface area (Å²) in [7, 11) is 1.53. The first-order valence-corrected chi connectivity index (χ1v) is 9.34. The zero-order valence-corrected chi connectivity index (χ0v) is 16.1. The predicted molar refractivity (Wildman–Crippen MR) is 111 cm³/mol. The number of pyridine rings is 1. The molecule has 0 aliphatic carbocycles. The number of carbonyl (C=O) groups excluding carboxylic acids is 2. The van der Waals surface area contributed by atoms with Crippen molar-refractivity contribution in [3.63, 3.8) is 0 Å². The van der Waals surface area contributed by atoms with E-state index in [1.165, 1.54) is 13.3 Å². The number of carbonyl (C=O) groups is 2. The number of thioether (sulfide) groups is 1. The van der Waals surface area contributed by atoms with Crippen molar-refractivity contribution in [1.82, 2.24) is 10.3 Å². The molecule has 0 bridgehead atoms. The van der Waals surface area contributed by atoms with Gasteiger partial charge >= 0.3 is 0 Å². The molecule has 2 aromatic heterocycles. The van der Waals surface area contributed by atoms with Crippen LogP contribution in [0, 0.1) is 0 Å². The molecule has 4 rings (SSSR count). The molecule has 140 valence electrons. The molecule has 2 amide bonds. The first-order valence-electron chi connectivity index (χ1n) is 8.12. The summed E-state index contributed by atoms with van der Waals surface area (Å²) in [6, 6.07) is 8.81. The molecule has 2 N–H and O–H groups in total. The van der Waals surface area contributed by atoms with Crippen molar-refractivity contribution in [1.29, 1.82) is 0 Å². The number of furan rings is 1. The number of aromatic nitrogens is 1. The third kappa shape index (κ3) is 3.49. The summed E-state index contributed by atoms with van der Waals surface area (Å²) >= 11 is 6.14. The highest BCUT2D eigenvalue weighted by molar-refractivity contribution is 8.26. The van der Waals surface area contributed by atoms with E-state index in [4.69, 9.17) is 21.4 Å². The van der Waals surface area contributed by atoms with Gasteiger partial charge in [-0.2, -0.15) is 0 Å². The molecular weight excluding hydrogens is 398 g/mol. The van der Waals surface area contributed by atoms with Crippen LogP contribution in [0.25, 0.3) is 17.0 Å². The lowest BCUT2D eigenvalue weighted by Crippen LogP contribution is -2.17. The van der Waals surface area contributed by atoms with Crippen LogP contribution in [0.3, 0.4) is 0 Å². The molecule has 7 nitrogen and oxygen atoms in total. The van der Waals surface area contributed by atoms with E-state index in [0.29, 0.717) is 37.4 Å². The number of para-hydroxylation sites is 2. The summed E-state index contributed by atoms with van der Waals surface area (Å²) in [5.41, 5.74) is 1.18. The number of anilines is 1. The molecule has 1 saturated heterocycles. The normalized spacial score (nSPS) is 15.1. The van der Waals surface area contributed by atoms with Crippen LogP contribution in [0.5, 0.6) is 5.75 Å². The van der Waals surface area contributed by atoms with Gasteiger partial charge < -0.3 is 19.8 Å². The van der Waals surface area contributed by atoms with Crippen molar-refractivity contribution in [3.8, 4) is 5.75 Å². The number of nitrogens with one attached hydrogen (secondary N) is 2. The Morgan fingerprint density at radius 3 is 2.93 bits per heavy atom. The summed E-state index contributed by atoms with van der Waals surface area (Å²) in [6.45, 7) is 0. The van der Waals surface area contributed by atoms with Crippen LogP contribution >= 0.6 is 24.0 Å². The highest BCUT2D eigenvalue weighted by atomic mass is 32.2. The van der Waals surface area contributed by atoms with E-state index in [1.807, 2.05) is 6.07 Å². The topological polar surface area (TPSA) is 93.5 Å². The minimum Gasteiger partial charge on any atom is -0.495 e. The minimum atomic E-state index is -0.384. The van der Waals surface area contributed by atoms with Crippen LogP contribution < -0.4 is 15.4 Å². The minimum absolute atomic E-state index is 0.270. The average molecular weight is 411 g/mol. The molecule has 0 unspecified atom stereocenters. The van der Waals surface area contributed by atoms with E-state index >= 15 is 0 Å². The van der Waals surface area contributed by atoms with Gasteiger partial charge in [0.2, 0.25) is 0 Å². The van der Waals surface area contributed by atoms with Gasteiger partial charge in [0, 0.05) is 23.9 Å². The highest BCUT2D eigenvalue weighted by Crippen LogP contribution is 2.30. The van der Waals surface area contributed by atoms with Gasteiger partial charge in [0.05, 0.1) is 17.7 Å². The van der Waals surface area contributed by atoms with Gasteiger partial charge in [0.1, 0.15) is 21.4 Å². The van der Waals surface area contributed by atoms with E-state index in [9.17, 15) is 9.59 Å². The molecule has 0 atom stereocenters. The maximum atomic E-state index is 12.8. The quantitative estimate of drug-likeness (QED) is 0.501. The fourth-order valence-electron chi connectivity index (χ4n) is 2.70. The molecule has 1 aliphatic rings. The number of amides is 2. The molecule has 3 heterocycles. The van der Waals surface area contributed by atoms with Crippen LogP contribution in [0.2, 0.25) is 0 Å². The number of nitrogens with zero attached hydrogens (tertiary/aromatic N) is 1. The number of hydrogen-bond acceptors (Lipinski definition) is 7. The molecule has 3 aromatic rings. The van der Waals surface area contributed by atoms with Crippen molar-refractivity contribution in [2.75, 3.05) is 12.4 Å². The zero-order chi connectivity index (χ0) is 19.7. The smallest absolute Gasteiger partial charge is 0.263 e. The molecule has 0 saturated carbocycles. The maximum absolute atomic E-state index is 12.8. The monoisotopic (exact) mass is 411 g/mol. The Balaban J connectivity index is 1.67. The van der Waals surface area contributed by atoms with Gasteiger partial charge in [-0.3, -0.25) is 14.6 Å². The lowest BCUT2D eigenvalue weighted by atomic mass is 10.2. The zero-order valence-electron chi connectivity index (χ0n) is 14.5. The Hall–Kier alpha value is -3.17. The van der Waals surface area contributed by atoms with Crippen molar-refractivity contribution < 1.29 is 18.7 Å². The lowest BCUT2D eigenvalue weighted by Gasteiger charge is -2.09. The highest BCUT2D eigenvalue weighted by Gasteiger charge is 2.23. The van der Waals surface area contributed by atoms with Gasteiger partial charge in [0.25, 0.3) is 11.8 Å². The van der Waals surface area contributed by atoms with Crippen molar-refractivity contribution in [3.05, 3.63) is 59.0 Å². The number of hydrogen-bond donors (Lipinski definition) is 2. The Bertz CT molecular complexity index is 1150. The largest absolute Gasteiger partial charge is 0.495 e. The molecule has 0 spiro atoms. The molecular formula is C19H13N3O4S2. The molecule has 28 heavy (non-hydrogen) atoms. The Morgan fingerprint density at radius 2 is 2.18 bits per heavy atom. The van der Waals surface area contributed by atoms with Crippen molar-refractivity contribution >= 4 is 62.8 Å². The van der Waals surface area contributed by atoms with Crippen LogP contribution in [-0.4, -0.2) is 28.2 Å². The second-order valence-corrected chi connectivity index (χ2v) is 7.48. The van der Waals surface area contributed by atoms with Gasteiger partial charge in [-0.05, 0) is 18.2 Å². The molecule has 0 radical (unpaired) electrons. The third-order valence-corrected chi connectivity index (χ3v) is 5.12. The summed E-state index contributed by atoms with van der Waals surface area (Å²) in [5.74, 6) is 0.311. The van der Waals surface area contributed by atoms with Gasteiger partial charge in [-0.15, -0.1) is 0 Å². The van der Waals surface area contributed by atoms with Crippen LogP contribution in [0.4, 0.5) is 5.69 Å². The number of ether oxygens (including phenoxy) is 1. The van der Waals surface area contributed by atoms with E-state index in [0.717, 1.165) is 11.8 Å². The van der Waals surface area contributed by atoms with Crippen LogP contribution in [-0.2, 0) is 4.79 Å².